The minimum absolute atomic E-state index is 0.104. The Balaban J connectivity index is 1.83. The highest BCUT2D eigenvalue weighted by atomic mass is 19.1. The monoisotopic (exact) mass is 376 g/mol. The van der Waals surface area contributed by atoms with E-state index in [0.29, 0.717) is 24.2 Å². The number of carbonyl (C=O) groups is 3. The molecule has 0 spiro atoms. The number of halogens is 1. The molecule has 0 saturated carbocycles. The van der Waals surface area contributed by atoms with Crippen LogP contribution in [0.25, 0.3) is 0 Å². The summed E-state index contributed by atoms with van der Waals surface area (Å²) >= 11 is 0. The summed E-state index contributed by atoms with van der Waals surface area (Å²) in [6, 6.07) is 5.97. The normalized spacial score (nSPS) is 10.4. The molecule has 1 amide bonds. The maximum Gasteiger partial charge on any atom is 0.355 e. The number of nitrogens with one attached hydrogen (secondary N) is 2. The van der Waals surface area contributed by atoms with Gasteiger partial charge in [-0.2, -0.15) is 0 Å². The van der Waals surface area contributed by atoms with E-state index in [1.807, 2.05) is 0 Å². The zero-order chi connectivity index (χ0) is 20.0. The molecule has 0 aliphatic rings. The summed E-state index contributed by atoms with van der Waals surface area (Å²) in [6.45, 7) is 3.11. The first-order chi connectivity index (χ1) is 12.8. The second kappa shape index (κ2) is 8.98. The van der Waals surface area contributed by atoms with Gasteiger partial charge in [0.25, 0.3) is 5.91 Å². The number of hydrogen-bond acceptors (Lipinski definition) is 5. The van der Waals surface area contributed by atoms with Crippen LogP contribution in [0.4, 0.5) is 4.39 Å². The van der Waals surface area contributed by atoms with Crippen molar-refractivity contribution in [1.82, 2.24) is 10.3 Å². The molecular weight excluding hydrogens is 355 g/mol. The van der Waals surface area contributed by atoms with Crippen LogP contribution < -0.4 is 5.32 Å². The molecule has 2 N–H and O–H groups in total. The first-order valence-corrected chi connectivity index (χ1v) is 8.29. The molecule has 8 heteroatoms. The van der Waals surface area contributed by atoms with Crippen molar-refractivity contribution in [1.29, 1.82) is 0 Å². The number of carbonyl (C=O) groups excluding carboxylic acids is 3. The van der Waals surface area contributed by atoms with Gasteiger partial charge in [-0.1, -0.05) is 12.1 Å². The van der Waals surface area contributed by atoms with Crippen LogP contribution in [-0.2, 0) is 20.7 Å². The van der Waals surface area contributed by atoms with E-state index in [1.165, 1.54) is 19.2 Å². The number of rotatable bonds is 7. The van der Waals surface area contributed by atoms with Gasteiger partial charge in [0.05, 0.1) is 12.7 Å². The van der Waals surface area contributed by atoms with E-state index >= 15 is 0 Å². The molecule has 2 rings (SSSR count). The third-order valence-electron chi connectivity index (χ3n) is 4.01. The number of amides is 1. The molecule has 1 aromatic carbocycles. The number of ether oxygens (including phenoxy) is 2. The molecule has 2 aromatic rings. The molecule has 0 saturated heterocycles. The Morgan fingerprint density at radius 2 is 1.78 bits per heavy atom. The van der Waals surface area contributed by atoms with Crippen LogP contribution in [0.5, 0.6) is 0 Å². The van der Waals surface area contributed by atoms with Gasteiger partial charge in [0.1, 0.15) is 11.5 Å². The number of aromatic nitrogens is 1. The summed E-state index contributed by atoms with van der Waals surface area (Å²) in [4.78, 5) is 38.5. The number of aryl methyl sites for hydroxylation is 1. The third-order valence-corrected chi connectivity index (χ3v) is 4.01. The average molecular weight is 376 g/mol. The van der Waals surface area contributed by atoms with Gasteiger partial charge in [0.15, 0.2) is 6.61 Å². The van der Waals surface area contributed by atoms with Crippen LogP contribution in [0.3, 0.4) is 0 Å². The van der Waals surface area contributed by atoms with E-state index in [0.717, 1.165) is 5.56 Å². The molecule has 0 unspecified atom stereocenters. The standard InChI is InChI=1S/C19H21FN2O5/c1-11-16(18(24)26-3)12(2)22-17(11)19(25)27-10-15(23)21-9-8-13-4-6-14(20)7-5-13/h4-7,22H,8-10H2,1-3H3,(H,21,23). The predicted octanol–water partition coefficient (Wildman–Crippen LogP) is 2.07. The summed E-state index contributed by atoms with van der Waals surface area (Å²) in [5.74, 6) is -2.07. The number of methoxy groups -OCH3 is 1. The zero-order valence-electron chi connectivity index (χ0n) is 15.3. The van der Waals surface area contributed by atoms with E-state index in [-0.39, 0.29) is 17.1 Å². The highest BCUT2D eigenvalue weighted by molar-refractivity contribution is 5.99. The van der Waals surface area contributed by atoms with E-state index in [2.05, 4.69) is 15.0 Å². The fraction of sp³-hybridized carbons (Fsp3) is 0.316. The summed E-state index contributed by atoms with van der Waals surface area (Å²) < 4.78 is 22.5. The van der Waals surface area contributed by atoms with Crippen molar-refractivity contribution in [2.75, 3.05) is 20.3 Å². The van der Waals surface area contributed by atoms with E-state index < -0.39 is 24.5 Å². The maximum atomic E-state index is 12.8. The molecule has 7 nitrogen and oxygen atoms in total. The largest absolute Gasteiger partial charge is 0.465 e. The van der Waals surface area contributed by atoms with Crippen molar-refractivity contribution >= 4 is 17.8 Å². The Labute approximate surface area is 155 Å². The van der Waals surface area contributed by atoms with Gasteiger partial charge >= 0.3 is 11.9 Å². The van der Waals surface area contributed by atoms with Crippen molar-refractivity contribution < 1.29 is 28.2 Å². The van der Waals surface area contributed by atoms with Crippen molar-refractivity contribution in [3.05, 3.63) is 58.2 Å². The lowest BCUT2D eigenvalue weighted by Crippen LogP contribution is -2.30. The second-order valence-electron chi connectivity index (χ2n) is 5.92. The van der Waals surface area contributed by atoms with Gasteiger partial charge in [0.2, 0.25) is 0 Å². The number of hydrogen-bond donors (Lipinski definition) is 2. The lowest BCUT2D eigenvalue weighted by Gasteiger charge is -2.07. The molecule has 0 atom stereocenters. The smallest absolute Gasteiger partial charge is 0.355 e. The lowest BCUT2D eigenvalue weighted by atomic mass is 10.1. The van der Waals surface area contributed by atoms with Crippen LogP contribution in [-0.4, -0.2) is 43.1 Å². The number of aromatic amines is 1. The fourth-order valence-electron chi connectivity index (χ4n) is 2.61. The average Bonchev–Trinajstić information content (AvgIpc) is 2.95. The molecule has 0 aliphatic heterocycles. The van der Waals surface area contributed by atoms with Crippen molar-refractivity contribution in [2.45, 2.75) is 20.3 Å². The minimum Gasteiger partial charge on any atom is -0.465 e. The van der Waals surface area contributed by atoms with E-state index in [9.17, 15) is 18.8 Å². The van der Waals surface area contributed by atoms with Crippen LogP contribution in [0.1, 0.15) is 37.7 Å². The van der Waals surface area contributed by atoms with Crippen LogP contribution >= 0.6 is 0 Å². The quantitative estimate of drug-likeness (QED) is 0.721. The van der Waals surface area contributed by atoms with Crippen LogP contribution in [0.15, 0.2) is 24.3 Å². The van der Waals surface area contributed by atoms with Gasteiger partial charge < -0.3 is 19.8 Å². The molecule has 1 aromatic heterocycles. The minimum atomic E-state index is -0.737. The number of benzene rings is 1. The Morgan fingerprint density at radius 1 is 1.11 bits per heavy atom. The van der Waals surface area contributed by atoms with Gasteiger partial charge in [0, 0.05) is 12.2 Å². The van der Waals surface area contributed by atoms with E-state index in [1.54, 1.807) is 26.0 Å². The Hall–Kier alpha value is -3.16. The third kappa shape index (κ3) is 5.16. The predicted molar refractivity (Wildman–Crippen MR) is 95.0 cm³/mol. The van der Waals surface area contributed by atoms with Crippen molar-refractivity contribution in [3.8, 4) is 0 Å². The van der Waals surface area contributed by atoms with Crippen LogP contribution in [0, 0.1) is 19.7 Å². The van der Waals surface area contributed by atoms with Gasteiger partial charge in [-0.3, -0.25) is 4.79 Å². The second-order valence-corrected chi connectivity index (χ2v) is 5.92. The van der Waals surface area contributed by atoms with Crippen LogP contribution in [0.2, 0.25) is 0 Å². The maximum absolute atomic E-state index is 12.8. The molecule has 0 aliphatic carbocycles. The topological polar surface area (TPSA) is 97.5 Å². The van der Waals surface area contributed by atoms with Crippen molar-refractivity contribution in [2.24, 2.45) is 0 Å². The number of esters is 2. The molecule has 0 bridgehead atoms. The molecule has 0 fully saturated rings. The summed E-state index contributed by atoms with van der Waals surface area (Å²) in [5.41, 5.74) is 2.14. The van der Waals surface area contributed by atoms with Gasteiger partial charge in [-0.25, -0.2) is 14.0 Å². The molecule has 1 heterocycles. The molecule has 0 radical (unpaired) electrons. The summed E-state index contributed by atoms with van der Waals surface area (Å²) in [7, 11) is 1.25. The first-order valence-electron chi connectivity index (χ1n) is 8.29. The summed E-state index contributed by atoms with van der Waals surface area (Å²) in [6.07, 6.45) is 0.525. The Morgan fingerprint density at radius 3 is 2.41 bits per heavy atom. The highest BCUT2D eigenvalue weighted by Crippen LogP contribution is 2.19. The molecular formula is C19H21FN2O5. The Bertz CT molecular complexity index is 843. The Kier molecular flexibility index (Phi) is 6.70. The van der Waals surface area contributed by atoms with Crippen molar-refractivity contribution in [3.63, 3.8) is 0 Å². The number of H-pyrrole nitrogens is 1. The SMILES string of the molecule is COC(=O)c1c(C)[nH]c(C(=O)OCC(=O)NCCc2ccc(F)cc2)c1C. The molecule has 27 heavy (non-hydrogen) atoms. The van der Waals surface area contributed by atoms with Gasteiger partial charge in [-0.15, -0.1) is 0 Å². The summed E-state index contributed by atoms with van der Waals surface area (Å²) in [5, 5.41) is 2.62. The fourth-order valence-corrected chi connectivity index (χ4v) is 2.61. The first kappa shape index (κ1) is 20.2. The van der Waals surface area contributed by atoms with E-state index in [4.69, 9.17) is 4.74 Å². The lowest BCUT2D eigenvalue weighted by molar-refractivity contribution is -0.124. The zero-order valence-corrected chi connectivity index (χ0v) is 15.3. The van der Waals surface area contributed by atoms with Gasteiger partial charge in [-0.05, 0) is 43.5 Å². The highest BCUT2D eigenvalue weighted by Gasteiger charge is 2.23. The molecule has 144 valence electrons.